The van der Waals surface area contributed by atoms with Gasteiger partial charge >= 0.3 is 0 Å². The van der Waals surface area contributed by atoms with Crippen molar-refractivity contribution < 1.29 is 18.3 Å². The van der Waals surface area contributed by atoms with Crippen molar-refractivity contribution in [2.24, 2.45) is 0 Å². The molecule has 0 unspecified atom stereocenters. The van der Waals surface area contributed by atoms with E-state index in [2.05, 4.69) is 4.98 Å². The van der Waals surface area contributed by atoms with Gasteiger partial charge in [-0.2, -0.15) is 0 Å². The van der Waals surface area contributed by atoms with Crippen molar-refractivity contribution in [3.05, 3.63) is 76.3 Å². The summed E-state index contributed by atoms with van der Waals surface area (Å²) in [6.45, 7) is 2.31. The molecule has 1 aromatic heterocycles. The van der Waals surface area contributed by atoms with Crippen LogP contribution in [0.15, 0.2) is 54.6 Å². The van der Waals surface area contributed by atoms with Gasteiger partial charge in [-0.05, 0) is 36.6 Å². The summed E-state index contributed by atoms with van der Waals surface area (Å²) < 4.78 is 23.6. The van der Waals surface area contributed by atoms with Gasteiger partial charge in [-0.1, -0.05) is 42.5 Å². The number of hydrogen-bond acceptors (Lipinski definition) is 7. The number of nitrogens with zero attached hydrogens (tertiary/aromatic N) is 2. The zero-order chi connectivity index (χ0) is 20.8. The summed E-state index contributed by atoms with van der Waals surface area (Å²) in [5.41, 5.74) is 3.00. The maximum absolute atomic E-state index is 12.1. The first kappa shape index (κ1) is 21.0. The highest BCUT2D eigenvalue weighted by Gasteiger charge is 2.21. The van der Waals surface area contributed by atoms with E-state index < -0.39 is 16.8 Å². The van der Waals surface area contributed by atoms with Gasteiger partial charge in [-0.3, -0.25) is 4.79 Å². The molecule has 29 heavy (non-hydrogen) atoms. The van der Waals surface area contributed by atoms with Gasteiger partial charge < -0.3 is 10.0 Å². The number of aliphatic hydroxyl groups excluding tert-OH is 1. The number of carbonyl (C=O) groups is 1. The molecule has 2 N–H and O–H groups in total. The summed E-state index contributed by atoms with van der Waals surface area (Å²) in [4.78, 5) is 19.2. The molecule has 3 aromatic rings. The second-order valence-corrected chi connectivity index (χ2v) is 8.23. The Morgan fingerprint density at radius 3 is 2.55 bits per heavy atom. The van der Waals surface area contributed by atoms with Crippen LogP contribution < -0.4 is 9.62 Å². The van der Waals surface area contributed by atoms with Gasteiger partial charge in [0.15, 0.2) is 5.13 Å². The van der Waals surface area contributed by atoms with Gasteiger partial charge in [0.25, 0.3) is 5.91 Å². The number of carbonyl (C=O) groups excluding carboxylic acids is 1. The molecule has 0 saturated heterocycles. The molecule has 2 aromatic carbocycles. The predicted molar refractivity (Wildman–Crippen MR) is 114 cm³/mol. The van der Waals surface area contributed by atoms with Crippen LogP contribution in [0.5, 0.6) is 0 Å². The Morgan fingerprint density at radius 1 is 1.14 bits per heavy atom. The zero-order valence-corrected chi connectivity index (χ0v) is 17.5. The summed E-state index contributed by atoms with van der Waals surface area (Å²) in [6.07, 6.45) is 0.536. The first-order chi connectivity index (χ1) is 14.0. The Hall–Kier alpha value is -2.75. The third-order valence-electron chi connectivity index (χ3n) is 4.23. The van der Waals surface area contributed by atoms with Crippen LogP contribution in [0.1, 0.15) is 26.5 Å². The van der Waals surface area contributed by atoms with E-state index in [0.29, 0.717) is 23.0 Å². The second kappa shape index (κ2) is 9.64. The Labute approximate surface area is 174 Å². The lowest BCUT2D eigenvalue weighted by Crippen LogP contribution is -2.23. The highest BCUT2D eigenvalue weighted by molar-refractivity contribution is 7.71. The highest BCUT2D eigenvalue weighted by Crippen LogP contribution is 2.33. The van der Waals surface area contributed by atoms with E-state index in [1.807, 2.05) is 64.2 Å². The summed E-state index contributed by atoms with van der Waals surface area (Å²) in [6, 6.07) is 17.6. The van der Waals surface area contributed by atoms with Crippen molar-refractivity contribution in [2.75, 3.05) is 11.5 Å². The molecule has 0 aliphatic heterocycles. The molecule has 0 saturated carbocycles. The van der Waals surface area contributed by atoms with Gasteiger partial charge in [0.2, 0.25) is 10.9 Å². The van der Waals surface area contributed by atoms with E-state index in [4.69, 9.17) is 0 Å². The molecular weight excluding hydrogens is 410 g/mol. The van der Waals surface area contributed by atoms with Gasteiger partial charge in [-0.15, -0.1) is 11.3 Å². The molecule has 1 amide bonds. The average molecular weight is 432 g/mol. The monoisotopic (exact) mass is 431 g/mol. The van der Waals surface area contributed by atoms with E-state index in [1.54, 1.807) is 6.92 Å². The molecule has 0 aliphatic carbocycles. The third kappa shape index (κ3) is 5.41. The van der Waals surface area contributed by atoms with Gasteiger partial charge in [0.05, 0.1) is 6.54 Å². The van der Waals surface area contributed by atoms with Crippen LogP contribution in [0.2, 0.25) is 0 Å². The van der Waals surface area contributed by atoms with Crippen LogP contribution in [-0.2, 0) is 23.9 Å². The minimum atomic E-state index is -3.05. The number of aliphatic hydroxyl groups is 1. The quantitative estimate of drug-likeness (QED) is 0.474. The van der Waals surface area contributed by atoms with Crippen LogP contribution in [-0.4, -0.2) is 31.0 Å². The van der Waals surface area contributed by atoms with E-state index >= 15 is 0 Å². The third-order valence-corrected chi connectivity index (χ3v) is 5.61. The van der Waals surface area contributed by atoms with Crippen molar-refractivity contribution in [2.45, 2.75) is 19.9 Å². The summed E-state index contributed by atoms with van der Waals surface area (Å²) in [7, 11) is -3.05. The minimum Gasteiger partial charge on any atom is -0.396 e. The average Bonchev–Trinajstić information content (AvgIpc) is 3.08. The van der Waals surface area contributed by atoms with Crippen LogP contribution in [0.25, 0.3) is 0 Å². The summed E-state index contributed by atoms with van der Waals surface area (Å²) in [5, 5.41) is 9.84. The highest BCUT2D eigenvalue weighted by atomic mass is 32.2. The van der Waals surface area contributed by atoms with Crippen molar-refractivity contribution in [1.29, 1.82) is 0 Å². The smallest absolute Gasteiger partial charge is 0.284 e. The van der Waals surface area contributed by atoms with Crippen LogP contribution in [0.4, 0.5) is 10.8 Å². The number of thiol groups is 1. The number of aryl methyl sites for hydroxylation is 1. The van der Waals surface area contributed by atoms with E-state index in [0.717, 1.165) is 16.8 Å². The van der Waals surface area contributed by atoms with Crippen molar-refractivity contribution in [3.63, 3.8) is 0 Å². The number of thiazole rings is 1. The summed E-state index contributed by atoms with van der Waals surface area (Å²) >= 11 is 1.32. The number of amides is 1. The Kier molecular flexibility index (Phi) is 6.97. The van der Waals surface area contributed by atoms with E-state index in [9.17, 15) is 18.3 Å². The Bertz CT molecular complexity index is 1060. The molecule has 0 radical (unpaired) electrons. The molecular formula is C20H21N3O4S2. The fourth-order valence-electron chi connectivity index (χ4n) is 2.89. The Morgan fingerprint density at radius 2 is 1.86 bits per heavy atom. The van der Waals surface area contributed by atoms with Gasteiger partial charge in [-0.25, -0.2) is 18.1 Å². The lowest BCUT2D eigenvalue weighted by molar-refractivity contribution is 0.0978. The largest absolute Gasteiger partial charge is 0.396 e. The number of nitrogens with one attached hydrogen (secondary N) is 1. The maximum atomic E-state index is 12.1. The number of rotatable bonds is 8. The van der Waals surface area contributed by atoms with Gasteiger partial charge in [0.1, 0.15) is 5.69 Å². The first-order valence-corrected chi connectivity index (χ1v) is 10.9. The predicted octanol–water partition coefficient (Wildman–Crippen LogP) is 2.58. The summed E-state index contributed by atoms with van der Waals surface area (Å²) in [5.74, 6) is -0.741. The standard InChI is InChI=1S/C20H21N3O4S2/c1-14-18(19(25)22-29(26)27)21-20(28-14)23(13-16-6-3-2-4-7-16)17-9-5-8-15(12-17)10-11-24/h2-9,12,24,29H,10-11,13H2,1H3,(H,22,25,26,27). The molecule has 0 fully saturated rings. The zero-order valence-electron chi connectivity index (χ0n) is 15.7. The molecule has 0 bridgehead atoms. The lowest BCUT2D eigenvalue weighted by atomic mass is 10.1. The van der Waals surface area contributed by atoms with Gasteiger partial charge in [0, 0.05) is 17.2 Å². The fourth-order valence-corrected chi connectivity index (χ4v) is 4.09. The fraction of sp³-hybridized carbons (Fsp3) is 0.200. The second-order valence-electron chi connectivity index (χ2n) is 6.31. The molecule has 7 nitrogen and oxygen atoms in total. The molecule has 9 heteroatoms. The van der Waals surface area contributed by atoms with Crippen LogP contribution >= 0.6 is 11.3 Å². The van der Waals surface area contributed by atoms with Crippen molar-refractivity contribution >= 4 is 39.0 Å². The minimum absolute atomic E-state index is 0.0518. The van der Waals surface area contributed by atoms with E-state index in [-0.39, 0.29) is 12.3 Å². The topological polar surface area (TPSA) is 99.6 Å². The van der Waals surface area contributed by atoms with E-state index in [1.165, 1.54) is 11.3 Å². The molecule has 0 aliphatic rings. The molecule has 152 valence electrons. The van der Waals surface area contributed by atoms with Crippen LogP contribution in [0, 0.1) is 6.92 Å². The van der Waals surface area contributed by atoms with Crippen molar-refractivity contribution in [1.82, 2.24) is 9.71 Å². The van der Waals surface area contributed by atoms with Crippen LogP contribution in [0.3, 0.4) is 0 Å². The SMILES string of the molecule is Cc1sc(N(Cc2ccccc2)c2cccc(CCO)c2)nc1C(=O)N[SH](=O)=O. The molecule has 0 spiro atoms. The molecule has 1 heterocycles. The lowest BCUT2D eigenvalue weighted by Gasteiger charge is -2.23. The maximum Gasteiger partial charge on any atom is 0.284 e. The first-order valence-electron chi connectivity index (χ1n) is 8.92. The normalized spacial score (nSPS) is 10.9. The number of anilines is 2. The van der Waals surface area contributed by atoms with Crippen molar-refractivity contribution in [3.8, 4) is 0 Å². The number of aromatic nitrogens is 1. The Balaban J connectivity index is 2.01. The molecule has 0 atom stereocenters. The number of benzene rings is 2. The number of hydrogen-bond donors (Lipinski definition) is 3. The molecule has 3 rings (SSSR count).